The first kappa shape index (κ1) is 21.9. The second kappa shape index (κ2) is 8.48. The first-order chi connectivity index (χ1) is 14.9. The van der Waals surface area contributed by atoms with Crippen molar-refractivity contribution in [2.24, 2.45) is 46.3 Å². The summed E-state index contributed by atoms with van der Waals surface area (Å²) in [5.74, 6) is 1.51. The van der Waals surface area contributed by atoms with Crippen molar-refractivity contribution in [3.8, 4) is 0 Å². The van der Waals surface area contributed by atoms with Crippen LogP contribution >= 0.6 is 0 Å². The van der Waals surface area contributed by atoms with Crippen LogP contribution in [0.5, 0.6) is 0 Å². The Labute approximate surface area is 189 Å². The van der Waals surface area contributed by atoms with E-state index in [9.17, 15) is 15.0 Å². The van der Waals surface area contributed by atoms with Gasteiger partial charge >= 0.3 is 5.97 Å². The number of rotatable bonds is 6. The van der Waals surface area contributed by atoms with Gasteiger partial charge in [0.2, 0.25) is 0 Å². The minimum absolute atomic E-state index is 0.00911. The lowest BCUT2D eigenvalue weighted by Gasteiger charge is -2.59. The number of hydrogen-bond donors (Lipinski definition) is 3. The fourth-order valence-electron chi connectivity index (χ4n) is 8.53. The summed E-state index contributed by atoms with van der Waals surface area (Å²) in [6.45, 7) is 8.97. The molecule has 4 rings (SSSR count). The standard InChI is InChI=1S/C27H44O4/c1-16(6-5-7-17(2)25(30)31)20-8-9-21-24-22(11-13-27(20,21)4)26(3)12-10-19(28)14-18(26)15-23(24)29/h15-17,19-24,28-29H,5-14H2,1-4H3,(H,30,31)/t16-,17-,19+,20-,21+,22+,23-,24+,26+,27-/m1/s1/i19D. The monoisotopic (exact) mass is 433 g/mol. The summed E-state index contributed by atoms with van der Waals surface area (Å²) in [5.41, 5.74) is 1.37. The van der Waals surface area contributed by atoms with Gasteiger partial charge in [0.1, 0.15) is 0 Å². The molecule has 4 heteroatoms. The van der Waals surface area contributed by atoms with Gasteiger partial charge in [-0.15, -0.1) is 0 Å². The summed E-state index contributed by atoms with van der Waals surface area (Å²) in [5, 5.41) is 30.8. The van der Waals surface area contributed by atoms with Crippen LogP contribution in [0.3, 0.4) is 0 Å². The number of carboxylic acid groups (broad SMARTS) is 1. The quantitative estimate of drug-likeness (QED) is 0.489. The molecule has 0 aromatic carbocycles. The van der Waals surface area contributed by atoms with Crippen molar-refractivity contribution < 1.29 is 21.5 Å². The second-order valence-electron chi connectivity index (χ2n) is 12.0. The van der Waals surface area contributed by atoms with Gasteiger partial charge in [0.15, 0.2) is 0 Å². The zero-order valence-electron chi connectivity index (χ0n) is 20.9. The molecule has 4 aliphatic rings. The van der Waals surface area contributed by atoms with Gasteiger partial charge in [0.05, 0.1) is 19.5 Å². The molecular formula is C27H44O4. The van der Waals surface area contributed by atoms with E-state index in [1.54, 1.807) is 6.92 Å². The fraction of sp³-hybridized carbons (Fsp3) is 0.889. The maximum absolute atomic E-state index is 11.3. The van der Waals surface area contributed by atoms with Crippen LogP contribution in [0.1, 0.15) is 93.3 Å². The Morgan fingerprint density at radius 2 is 1.87 bits per heavy atom. The molecule has 0 bridgehead atoms. The lowest BCUT2D eigenvalue weighted by atomic mass is 9.46. The van der Waals surface area contributed by atoms with Gasteiger partial charge in [-0.3, -0.25) is 4.79 Å². The van der Waals surface area contributed by atoms with Crippen LogP contribution in [0.25, 0.3) is 0 Å². The molecule has 0 aromatic heterocycles. The predicted molar refractivity (Wildman–Crippen MR) is 122 cm³/mol. The van der Waals surface area contributed by atoms with Gasteiger partial charge in [0, 0.05) is 0 Å². The molecule has 0 amide bonds. The van der Waals surface area contributed by atoms with E-state index in [0.29, 0.717) is 36.5 Å². The van der Waals surface area contributed by atoms with Crippen molar-refractivity contribution in [1.82, 2.24) is 0 Å². The smallest absolute Gasteiger partial charge is 0.306 e. The Hall–Kier alpha value is -0.870. The lowest BCUT2D eigenvalue weighted by Crippen LogP contribution is -2.54. The summed E-state index contributed by atoms with van der Waals surface area (Å²) in [6, 6.07) is 0. The molecule has 0 radical (unpaired) electrons. The largest absolute Gasteiger partial charge is 0.481 e. The number of fused-ring (bicyclic) bond motifs is 5. The summed E-state index contributed by atoms with van der Waals surface area (Å²) in [6.07, 6.45) is 9.45. The van der Waals surface area contributed by atoms with Gasteiger partial charge in [-0.25, -0.2) is 0 Å². The van der Waals surface area contributed by atoms with Crippen molar-refractivity contribution in [3.05, 3.63) is 11.6 Å². The van der Waals surface area contributed by atoms with Crippen LogP contribution in [0.2, 0.25) is 0 Å². The Morgan fingerprint density at radius 1 is 1.13 bits per heavy atom. The van der Waals surface area contributed by atoms with Crippen LogP contribution < -0.4 is 0 Å². The van der Waals surface area contributed by atoms with Crippen LogP contribution in [-0.2, 0) is 4.79 Å². The number of aliphatic hydroxyl groups is 2. The first-order valence-electron chi connectivity index (χ1n) is 13.2. The van der Waals surface area contributed by atoms with Crippen molar-refractivity contribution in [2.75, 3.05) is 0 Å². The molecule has 4 nitrogen and oxygen atoms in total. The van der Waals surface area contributed by atoms with Gasteiger partial charge in [0.25, 0.3) is 0 Å². The highest BCUT2D eigenvalue weighted by Gasteiger charge is 2.61. The van der Waals surface area contributed by atoms with E-state index >= 15 is 0 Å². The molecule has 0 aliphatic heterocycles. The van der Waals surface area contributed by atoms with E-state index in [2.05, 4.69) is 20.8 Å². The number of carboxylic acids is 1. The molecule has 176 valence electrons. The van der Waals surface area contributed by atoms with Crippen LogP contribution in [-0.4, -0.2) is 33.5 Å². The summed E-state index contributed by atoms with van der Waals surface area (Å²) in [7, 11) is 0. The third-order valence-electron chi connectivity index (χ3n) is 10.5. The third-order valence-corrected chi connectivity index (χ3v) is 10.5. The summed E-state index contributed by atoms with van der Waals surface area (Å²) >= 11 is 0. The van der Waals surface area contributed by atoms with Crippen LogP contribution in [0.4, 0.5) is 0 Å². The number of hydrogen-bond acceptors (Lipinski definition) is 3. The normalized spacial score (nSPS) is 49.2. The van der Waals surface area contributed by atoms with Crippen molar-refractivity contribution in [2.45, 2.75) is 104 Å². The van der Waals surface area contributed by atoms with E-state index in [4.69, 9.17) is 6.48 Å². The topological polar surface area (TPSA) is 77.8 Å². The molecule has 0 heterocycles. The number of aliphatic hydroxyl groups excluding tert-OH is 1. The van der Waals surface area contributed by atoms with E-state index < -0.39 is 18.2 Å². The van der Waals surface area contributed by atoms with Crippen LogP contribution in [0.15, 0.2) is 11.6 Å². The van der Waals surface area contributed by atoms with E-state index in [0.717, 1.165) is 37.7 Å². The van der Waals surface area contributed by atoms with Gasteiger partial charge in [-0.2, -0.15) is 0 Å². The molecule has 0 saturated heterocycles. The molecule has 0 spiro atoms. The highest BCUT2D eigenvalue weighted by atomic mass is 16.4. The molecule has 3 N–H and O–H groups in total. The Kier molecular flexibility index (Phi) is 6.01. The van der Waals surface area contributed by atoms with E-state index in [1.165, 1.54) is 19.3 Å². The van der Waals surface area contributed by atoms with Crippen molar-refractivity contribution >= 4 is 5.97 Å². The average Bonchev–Trinajstić information content (AvgIpc) is 3.06. The molecule has 0 aromatic rings. The SMILES string of the molecule is [2H][C@]1(O)CC[C@@]2(C)C(=C[C@@H](O)[C@H]3[C@@H]4CC[C@H]([C@H](C)CCC[C@@H](C)C(=O)O)[C@@]4(C)CC[C@@H]32)C1. The lowest BCUT2D eigenvalue weighted by molar-refractivity contribution is -0.141. The maximum Gasteiger partial charge on any atom is 0.306 e. The number of aliphatic carboxylic acids is 1. The highest BCUT2D eigenvalue weighted by molar-refractivity contribution is 5.69. The van der Waals surface area contributed by atoms with Crippen molar-refractivity contribution in [1.29, 1.82) is 0 Å². The predicted octanol–water partition coefficient (Wildman–Crippen LogP) is 5.42. The Bertz CT molecular complexity index is 763. The third kappa shape index (κ3) is 3.90. The van der Waals surface area contributed by atoms with E-state index in [1.807, 2.05) is 6.08 Å². The highest BCUT2D eigenvalue weighted by Crippen LogP contribution is 2.67. The molecule has 3 fully saturated rings. The zero-order chi connectivity index (χ0) is 23.5. The van der Waals surface area contributed by atoms with E-state index in [-0.39, 0.29) is 22.7 Å². The Morgan fingerprint density at radius 3 is 2.58 bits per heavy atom. The molecule has 4 aliphatic carbocycles. The second-order valence-corrected chi connectivity index (χ2v) is 12.0. The zero-order valence-corrected chi connectivity index (χ0v) is 19.9. The molecule has 0 unspecified atom stereocenters. The molecule has 3 saturated carbocycles. The minimum Gasteiger partial charge on any atom is -0.481 e. The summed E-state index contributed by atoms with van der Waals surface area (Å²) < 4.78 is 8.16. The minimum atomic E-state index is -1.38. The van der Waals surface area contributed by atoms with Gasteiger partial charge < -0.3 is 15.3 Å². The first-order valence-corrected chi connectivity index (χ1v) is 12.7. The number of carbonyl (C=O) groups is 1. The van der Waals surface area contributed by atoms with Crippen LogP contribution in [0, 0.1) is 46.3 Å². The summed E-state index contributed by atoms with van der Waals surface area (Å²) in [4.78, 5) is 11.1. The van der Waals surface area contributed by atoms with Crippen molar-refractivity contribution in [3.63, 3.8) is 0 Å². The molecule has 31 heavy (non-hydrogen) atoms. The molecular weight excluding hydrogens is 388 g/mol. The Balaban J connectivity index is 1.49. The van der Waals surface area contributed by atoms with Gasteiger partial charge in [-0.05, 0) is 91.8 Å². The molecule has 10 atom stereocenters. The van der Waals surface area contributed by atoms with Gasteiger partial charge in [-0.1, -0.05) is 52.2 Å². The fourth-order valence-corrected chi connectivity index (χ4v) is 8.53. The maximum atomic E-state index is 11.3. The average molecular weight is 434 g/mol.